The van der Waals surface area contributed by atoms with E-state index >= 15 is 0 Å². The van der Waals surface area contributed by atoms with E-state index in [2.05, 4.69) is 10.4 Å². The van der Waals surface area contributed by atoms with Gasteiger partial charge in [0.1, 0.15) is 5.69 Å². The Morgan fingerprint density at radius 2 is 2.13 bits per heavy atom. The van der Waals surface area contributed by atoms with E-state index in [9.17, 15) is 10.1 Å². The van der Waals surface area contributed by atoms with Crippen LogP contribution in [0.5, 0.6) is 0 Å². The third-order valence-electron chi connectivity index (χ3n) is 4.02. The summed E-state index contributed by atoms with van der Waals surface area (Å²) >= 11 is 0. The van der Waals surface area contributed by atoms with Gasteiger partial charge in [-0.2, -0.15) is 5.10 Å². The van der Waals surface area contributed by atoms with Crippen LogP contribution in [0.3, 0.4) is 0 Å². The molecule has 2 aromatic rings. The van der Waals surface area contributed by atoms with Crippen molar-refractivity contribution in [1.29, 1.82) is 0 Å². The molecule has 0 amide bonds. The number of nitro benzene ring substituents is 1. The van der Waals surface area contributed by atoms with Gasteiger partial charge in [-0.05, 0) is 49.9 Å². The summed E-state index contributed by atoms with van der Waals surface area (Å²) in [5, 5.41) is 27.7. The summed E-state index contributed by atoms with van der Waals surface area (Å²) in [6.45, 7) is 4.51. The van der Waals surface area contributed by atoms with Gasteiger partial charge in [-0.1, -0.05) is 0 Å². The van der Waals surface area contributed by atoms with Crippen LogP contribution in [0.4, 0.5) is 11.4 Å². The Bertz CT molecular complexity index is 710. The minimum Gasteiger partial charge on any atom is -0.392 e. The maximum Gasteiger partial charge on any atom is 0.292 e. The second-order valence-electron chi connectivity index (χ2n) is 5.57. The smallest absolute Gasteiger partial charge is 0.292 e. The first-order valence-electron chi connectivity index (χ1n) is 7.55. The third kappa shape index (κ3) is 3.87. The second-order valence-corrected chi connectivity index (χ2v) is 5.57. The fourth-order valence-electron chi connectivity index (χ4n) is 2.65. The number of anilines is 1. The lowest BCUT2D eigenvalue weighted by molar-refractivity contribution is -0.384. The highest BCUT2D eigenvalue weighted by atomic mass is 16.6. The summed E-state index contributed by atoms with van der Waals surface area (Å²) in [6, 6.07) is 4.60. The van der Waals surface area contributed by atoms with Gasteiger partial charge in [0.05, 0.1) is 17.2 Å². The summed E-state index contributed by atoms with van der Waals surface area (Å²) < 4.78 is 1.87. The average Bonchev–Trinajstić information content (AvgIpc) is 2.76. The number of benzene rings is 1. The van der Waals surface area contributed by atoms with E-state index in [0.717, 1.165) is 24.2 Å². The molecule has 0 unspecified atom stereocenters. The monoisotopic (exact) mass is 318 g/mol. The van der Waals surface area contributed by atoms with E-state index in [1.165, 1.54) is 11.6 Å². The molecule has 0 aliphatic heterocycles. The zero-order chi connectivity index (χ0) is 17.0. The highest BCUT2D eigenvalue weighted by Gasteiger charge is 2.14. The van der Waals surface area contributed by atoms with Gasteiger partial charge < -0.3 is 10.4 Å². The number of aryl methyl sites for hydroxylation is 2. The first-order chi connectivity index (χ1) is 10.9. The molecule has 0 fully saturated rings. The molecule has 2 rings (SSSR count). The lowest BCUT2D eigenvalue weighted by Gasteiger charge is -2.09. The summed E-state index contributed by atoms with van der Waals surface area (Å²) in [6.07, 6.45) is 1.71. The predicted molar refractivity (Wildman–Crippen MR) is 88.5 cm³/mol. The molecule has 0 saturated heterocycles. The number of nitrogens with zero attached hydrogens (tertiary/aromatic N) is 3. The van der Waals surface area contributed by atoms with Crippen LogP contribution in [0.15, 0.2) is 18.2 Å². The van der Waals surface area contributed by atoms with Crippen LogP contribution in [0.2, 0.25) is 0 Å². The van der Waals surface area contributed by atoms with Crippen LogP contribution in [0.25, 0.3) is 0 Å². The van der Waals surface area contributed by atoms with Gasteiger partial charge >= 0.3 is 0 Å². The maximum atomic E-state index is 11.1. The summed E-state index contributed by atoms with van der Waals surface area (Å²) in [4.78, 5) is 10.6. The first kappa shape index (κ1) is 17.0. The lowest BCUT2D eigenvalue weighted by Crippen LogP contribution is -2.06. The van der Waals surface area contributed by atoms with Crippen molar-refractivity contribution in [3.63, 3.8) is 0 Å². The Morgan fingerprint density at radius 1 is 1.39 bits per heavy atom. The molecular weight excluding hydrogens is 296 g/mol. The summed E-state index contributed by atoms with van der Waals surface area (Å²) in [7, 11) is 1.92. The van der Waals surface area contributed by atoms with Crippen LogP contribution in [0, 0.1) is 24.0 Å². The number of aliphatic hydroxyl groups excluding tert-OH is 1. The van der Waals surface area contributed by atoms with E-state index in [1.54, 1.807) is 12.1 Å². The normalized spacial score (nSPS) is 10.8. The fraction of sp³-hybridized carbons (Fsp3) is 0.438. The van der Waals surface area contributed by atoms with Gasteiger partial charge in [0, 0.05) is 25.4 Å². The Hall–Kier alpha value is -2.41. The Labute approximate surface area is 135 Å². The van der Waals surface area contributed by atoms with Crippen molar-refractivity contribution < 1.29 is 10.0 Å². The molecule has 0 radical (unpaired) electrons. The van der Waals surface area contributed by atoms with Crippen molar-refractivity contribution in [2.24, 2.45) is 7.05 Å². The first-order valence-corrected chi connectivity index (χ1v) is 7.55. The van der Waals surface area contributed by atoms with E-state index in [0.29, 0.717) is 17.8 Å². The third-order valence-corrected chi connectivity index (χ3v) is 4.02. The lowest BCUT2D eigenvalue weighted by atomic mass is 10.1. The van der Waals surface area contributed by atoms with Crippen LogP contribution in [-0.2, 0) is 20.1 Å². The highest BCUT2D eigenvalue weighted by molar-refractivity contribution is 5.62. The quantitative estimate of drug-likeness (QED) is 0.465. The van der Waals surface area contributed by atoms with Gasteiger partial charge in [-0.3, -0.25) is 14.8 Å². The van der Waals surface area contributed by atoms with Crippen molar-refractivity contribution in [1.82, 2.24) is 9.78 Å². The zero-order valence-electron chi connectivity index (χ0n) is 13.7. The SMILES string of the molecule is Cc1nn(C)c(C)c1CCCNc1cc(CO)ccc1[N+](=O)[O-]. The van der Waals surface area contributed by atoms with Gasteiger partial charge in [0.25, 0.3) is 5.69 Å². The van der Waals surface area contributed by atoms with Crippen molar-refractivity contribution in [2.45, 2.75) is 33.3 Å². The summed E-state index contributed by atoms with van der Waals surface area (Å²) in [5.74, 6) is 0. The molecule has 0 bridgehead atoms. The maximum absolute atomic E-state index is 11.1. The van der Waals surface area contributed by atoms with Crippen LogP contribution in [0.1, 0.15) is 28.9 Å². The second kappa shape index (κ2) is 7.23. The van der Waals surface area contributed by atoms with Gasteiger partial charge in [-0.15, -0.1) is 0 Å². The van der Waals surface area contributed by atoms with Gasteiger partial charge in [0.15, 0.2) is 0 Å². The predicted octanol–water partition coefficient (Wildman–Crippen LogP) is 2.48. The Morgan fingerprint density at radius 3 is 2.70 bits per heavy atom. The van der Waals surface area contributed by atoms with Crippen LogP contribution in [-0.4, -0.2) is 26.4 Å². The number of rotatable bonds is 7. The van der Waals surface area contributed by atoms with Crippen molar-refractivity contribution in [3.8, 4) is 0 Å². The van der Waals surface area contributed by atoms with Crippen LogP contribution < -0.4 is 5.32 Å². The molecule has 23 heavy (non-hydrogen) atoms. The van der Waals surface area contributed by atoms with Crippen molar-refractivity contribution in [2.75, 3.05) is 11.9 Å². The largest absolute Gasteiger partial charge is 0.392 e. The number of hydrogen-bond acceptors (Lipinski definition) is 5. The molecule has 1 heterocycles. The fourth-order valence-corrected chi connectivity index (χ4v) is 2.65. The molecule has 7 nitrogen and oxygen atoms in total. The number of nitrogens with one attached hydrogen (secondary N) is 1. The van der Waals surface area contributed by atoms with E-state index in [-0.39, 0.29) is 12.3 Å². The zero-order valence-corrected chi connectivity index (χ0v) is 13.7. The molecule has 124 valence electrons. The minimum absolute atomic E-state index is 0.0240. The van der Waals surface area contributed by atoms with Crippen LogP contribution >= 0.6 is 0 Å². The van der Waals surface area contributed by atoms with Gasteiger partial charge in [0.2, 0.25) is 0 Å². The number of aliphatic hydroxyl groups is 1. The van der Waals surface area contributed by atoms with E-state index in [1.807, 2.05) is 25.6 Å². The van der Waals surface area contributed by atoms with Crippen molar-refractivity contribution >= 4 is 11.4 Å². The molecule has 1 aromatic carbocycles. The Kier molecular flexibility index (Phi) is 5.33. The summed E-state index contributed by atoms with van der Waals surface area (Å²) in [5.41, 5.74) is 4.52. The molecule has 0 saturated carbocycles. The Balaban J connectivity index is 1.99. The van der Waals surface area contributed by atoms with Gasteiger partial charge in [-0.25, -0.2) is 0 Å². The molecule has 0 spiro atoms. The number of nitro groups is 1. The molecule has 7 heteroatoms. The molecule has 0 atom stereocenters. The number of hydrogen-bond donors (Lipinski definition) is 2. The standard InChI is InChI=1S/C16H22N4O3/c1-11-14(12(2)19(3)18-11)5-4-8-17-15-9-13(10-21)6-7-16(15)20(22)23/h6-7,9,17,21H,4-5,8,10H2,1-3H3. The average molecular weight is 318 g/mol. The topological polar surface area (TPSA) is 93.2 Å². The molecule has 0 aliphatic rings. The molecule has 1 aromatic heterocycles. The minimum atomic E-state index is -0.418. The number of aromatic nitrogens is 2. The van der Waals surface area contributed by atoms with Crippen molar-refractivity contribution in [3.05, 3.63) is 50.8 Å². The molecule has 0 aliphatic carbocycles. The van der Waals surface area contributed by atoms with E-state index in [4.69, 9.17) is 5.11 Å². The van der Waals surface area contributed by atoms with E-state index < -0.39 is 4.92 Å². The highest BCUT2D eigenvalue weighted by Crippen LogP contribution is 2.25. The molecular formula is C16H22N4O3. The molecule has 2 N–H and O–H groups in total.